The zero-order valence-corrected chi connectivity index (χ0v) is 13.6. The normalized spacial score (nSPS) is 15.5. The van der Waals surface area contributed by atoms with Gasteiger partial charge in [-0.05, 0) is 57.9 Å². The Kier molecular flexibility index (Phi) is 4.25. The summed E-state index contributed by atoms with van der Waals surface area (Å²) in [5, 5.41) is 0. The monoisotopic (exact) mass is 375 g/mol. The third-order valence-electron chi connectivity index (χ3n) is 3.18. The molecule has 0 radical (unpaired) electrons. The Morgan fingerprint density at radius 3 is 2.83 bits per heavy atom. The Hall–Kier alpha value is -2.47. The highest BCUT2D eigenvalue weighted by atomic mass is 79.9. The first-order chi connectivity index (χ1) is 11.1. The smallest absolute Gasteiger partial charge is 0.363 e. The van der Waals surface area contributed by atoms with Crippen molar-refractivity contribution in [1.82, 2.24) is 0 Å². The lowest BCUT2D eigenvalue weighted by molar-refractivity contribution is -0.129. The van der Waals surface area contributed by atoms with E-state index < -0.39 is 5.97 Å². The molecule has 0 aromatic heterocycles. The Labute approximate surface area is 140 Å². The van der Waals surface area contributed by atoms with Crippen LogP contribution in [0.5, 0.6) is 5.75 Å². The molecule has 0 saturated carbocycles. The molecule has 6 heteroatoms. The second kappa shape index (κ2) is 6.34. The van der Waals surface area contributed by atoms with E-state index in [1.54, 1.807) is 49.6 Å². The maximum atomic E-state index is 13.2. The first-order valence-corrected chi connectivity index (χ1v) is 7.48. The third kappa shape index (κ3) is 3.32. The fraction of sp³-hybridized carbons (Fsp3) is 0.0588. The number of benzene rings is 2. The molecule has 0 fully saturated rings. The zero-order valence-electron chi connectivity index (χ0n) is 12.0. The Bertz CT molecular complexity index is 845. The van der Waals surface area contributed by atoms with E-state index in [2.05, 4.69) is 20.9 Å². The van der Waals surface area contributed by atoms with Gasteiger partial charge in [0.15, 0.2) is 5.70 Å². The van der Waals surface area contributed by atoms with E-state index in [1.807, 2.05) is 0 Å². The second-order valence-electron chi connectivity index (χ2n) is 4.74. The van der Waals surface area contributed by atoms with Gasteiger partial charge in [0.05, 0.1) is 11.6 Å². The number of rotatable bonds is 3. The van der Waals surface area contributed by atoms with E-state index in [9.17, 15) is 9.18 Å². The van der Waals surface area contributed by atoms with Gasteiger partial charge >= 0.3 is 5.97 Å². The van der Waals surface area contributed by atoms with Crippen molar-refractivity contribution >= 4 is 33.9 Å². The molecular weight excluding hydrogens is 365 g/mol. The van der Waals surface area contributed by atoms with Gasteiger partial charge in [0.2, 0.25) is 5.90 Å². The van der Waals surface area contributed by atoms with Gasteiger partial charge in [-0.15, -0.1) is 0 Å². The Balaban J connectivity index is 1.94. The summed E-state index contributed by atoms with van der Waals surface area (Å²) < 4.78 is 23.9. The van der Waals surface area contributed by atoms with E-state index in [0.717, 1.165) is 0 Å². The number of nitrogens with zero attached hydrogens (tertiary/aromatic N) is 1. The van der Waals surface area contributed by atoms with Crippen molar-refractivity contribution in [2.45, 2.75) is 0 Å². The van der Waals surface area contributed by atoms with Crippen molar-refractivity contribution in [3.05, 3.63) is 69.6 Å². The van der Waals surface area contributed by atoms with Gasteiger partial charge in [0, 0.05) is 5.56 Å². The summed E-state index contributed by atoms with van der Waals surface area (Å²) >= 11 is 3.10. The maximum absolute atomic E-state index is 13.2. The van der Waals surface area contributed by atoms with Crippen LogP contribution in [0.25, 0.3) is 6.08 Å². The van der Waals surface area contributed by atoms with Gasteiger partial charge in [0.25, 0.3) is 0 Å². The number of aliphatic imine (C=N–C) groups is 1. The number of halogens is 2. The molecule has 4 nitrogen and oxygen atoms in total. The highest BCUT2D eigenvalue weighted by molar-refractivity contribution is 9.10. The lowest BCUT2D eigenvalue weighted by Gasteiger charge is -2.02. The molecule has 0 aliphatic carbocycles. The van der Waals surface area contributed by atoms with Crippen LogP contribution in [0, 0.1) is 5.82 Å². The molecule has 0 amide bonds. The summed E-state index contributed by atoms with van der Waals surface area (Å²) in [4.78, 5) is 16.2. The molecule has 1 aliphatic heterocycles. The predicted molar refractivity (Wildman–Crippen MR) is 87.7 cm³/mol. The summed E-state index contributed by atoms with van der Waals surface area (Å²) in [6.07, 6.45) is 1.54. The fourth-order valence-corrected chi connectivity index (χ4v) is 2.45. The fourth-order valence-electron chi connectivity index (χ4n) is 2.05. The van der Waals surface area contributed by atoms with E-state index in [0.29, 0.717) is 21.3 Å². The minimum Gasteiger partial charge on any atom is -0.497 e. The first-order valence-electron chi connectivity index (χ1n) is 6.69. The SMILES string of the molecule is COc1cccc(C2=N/C(=C/c3ccc(F)c(Br)c3)C(=O)O2)c1. The van der Waals surface area contributed by atoms with E-state index in [1.165, 1.54) is 6.07 Å². The molecule has 23 heavy (non-hydrogen) atoms. The molecule has 1 aliphatic rings. The molecule has 1 heterocycles. The number of esters is 1. The summed E-state index contributed by atoms with van der Waals surface area (Å²) in [5.41, 5.74) is 1.43. The minimum atomic E-state index is -0.553. The average molecular weight is 376 g/mol. The summed E-state index contributed by atoms with van der Waals surface area (Å²) in [5.74, 6) is -0.0764. The molecule has 0 spiro atoms. The van der Waals surface area contributed by atoms with Crippen LogP contribution in [-0.2, 0) is 9.53 Å². The standard InChI is InChI=1S/C17H11BrFNO3/c1-22-12-4-2-3-11(9-12)16-20-15(17(21)23-16)8-10-5-6-14(19)13(18)7-10/h2-9H,1H3/b15-8+. The summed E-state index contributed by atoms with van der Waals surface area (Å²) in [6, 6.07) is 11.5. The van der Waals surface area contributed by atoms with Gasteiger partial charge in [0.1, 0.15) is 11.6 Å². The molecule has 0 atom stereocenters. The van der Waals surface area contributed by atoms with E-state index in [-0.39, 0.29) is 17.4 Å². The molecule has 2 aromatic carbocycles. The maximum Gasteiger partial charge on any atom is 0.363 e. The molecule has 0 saturated heterocycles. The number of hydrogen-bond acceptors (Lipinski definition) is 4. The number of ether oxygens (including phenoxy) is 2. The minimum absolute atomic E-state index is 0.154. The van der Waals surface area contributed by atoms with Gasteiger partial charge in [-0.25, -0.2) is 14.2 Å². The lowest BCUT2D eigenvalue weighted by Crippen LogP contribution is -2.05. The zero-order chi connectivity index (χ0) is 16.4. The quantitative estimate of drug-likeness (QED) is 0.602. The third-order valence-corrected chi connectivity index (χ3v) is 3.79. The number of carbonyl (C=O) groups is 1. The van der Waals surface area contributed by atoms with Gasteiger partial charge in [-0.2, -0.15) is 0 Å². The van der Waals surface area contributed by atoms with Crippen molar-refractivity contribution in [2.75, 3.05) is 7.11 Å². The summed E-state index contributed by atoms with van der Waals surface area (Å²) in [7, 11) is 1.55. The van der Waals surface area contributed by atoms with Gasteiger partial charge < -0.3 is 9.47 Å². The predicted octanol–water partition coefficient (Wildman–Crippen LogP) is 3.94. The van der Waals surface area contributed by atoms with Crippen molar-refractivity contribution in [2.24, 2.45) is 4.99 Å². The Morgan fingerprint density at radius 2 is 2.09 bits per heavy atom. The topological polar surface area (TPSA) is 47.9 Å². The second-order valence-corrected chi connectivity index (χ2v) is 5.60. The molecule has 0 unspecified atom stereocenters. The lowest BCUT2D eigenvalue weighted by atomic mass is 10.2. The molecule has 0 N–H and O–H groups in total. The average Bonchev–Trinajstić information content (AvgIpc) is 2.92. The van der Waals surface area contributed by atoms with Gasteiger partial charge in [-0.1, -0.05) is 12.1 Å². The summed E-state index contributed by atoms with van der Waals surface area (Å²) in [6.45, 7) is 0. The van der Waals surface area contributed by atoms with Crippen molar-refractivity contribution in [1.29, 1.82) is 0 Å². The van der Waals surface area contributed by atoms with Crippen LogP contribution < -0.4 is 4.74 Å². The van der Waals surface area contributed by atoms with Crippen LogP contribution in [0.4, 0.5) is 4.39 Å². The van der Waals surface area contributed by atoms with Crippen molar-refractivity contribution < 1.29 is 18.7 Å². The number of methoxy groups -OCH3 is 1. The van der Waals surface area contributed by atoms with E-state index in [4.69, 9.17) is 9.47 Å². The highest BCUT2D eigenvalue weighted by Crippen LogP contribution is 2.23. The van der Waals surface area contributed by atoms with Crippen molar-refractivity contribution in [3.8, 4) is 5.75 Å². The first kappa shape index (κ1) is 15.4. The molecular formula is C17H11BrFNO3. The van der Waals surface area contributed by atoms with Crippen LogP contribution in [0.1, 0.15) is 11.1 Å². The van der Waals surface area contributed by atoms with Crippen LogP contribution in [0.2, 0.25) is 0 Å². The molecule has 116 valence electrons. The molecule has 2 aromatic rings. The number of carbonyl (C=O) groups excluding carboxylic acids is 1. The molecule has 0 bridgehead atoms. The van der Waals surface area contributed by atoms with Crippen LogP contribution in [0.3, 0.4) is 0 Å². The van der Waals surface area contributed by atoms with Crippen LogP contribution in [-0.4, -0.2) is 19.0 Å². The number of hydrogen-bond donors (Lipinski definition) is 0. The molecule has 3 rings (SSSR count). The van der Waals surface area contributed by atoms with Crippen LogP contribution in [0.15, 0.2) is 57.6 Å². The highest BCUT2D eigenvalue weighted by Gasteiger charge is 2.24. The van der Waals surface area contributed by atoms with Crippen molar-refractivity contribution in [3.63, 3.8) is 0 Å². The largest absolute Gasteiger partial charge is 0.497 e. The number of cyclic esters (lactones) is 1. The van der Waals surface area contributed by atoms with Gasteiger partial charge in [-0.3, -0.25) is 0 Å². The Morgan fingerprint density at radius 1 is 1.26 bits per heavy atom. The van der Waals surface area contributed by atoms with Crippen LogP contribution >= 0.6 is 15.9 Å². The van der Waals surface area contributed by atoms with E-state index >= 15 is 0 Å².